The highest BCUT2D eigenvalue weighted by Gasteiger charge is 2.40. The Morgan fingerprint density at radius 3 is 1.95 bits per heavy atom. The lowest BCUT2D eigenvalue weighted by molar-refractivity contribution is -0.143. The van der Waals surface area contributed by atoms with E-state index in [4.69, 9.17) is 0 Å². The maximum absolute atomic E-state index is 12.8. The molecule has 1 rings (SSSR count). The predicted octanol–water partition coefficient (Wildman–Crippen LogP) is 4.36. The Kier molecular flexibility index (Phi) is 5.34. The first-order chi connectivity index (χ1) is 9.53. The van der Waals surface area contributed by atoms with Gasteiger partial charge in [0, 0.05) is 12.5 Å². The lowest BCUT2D eigenvalue weighted by atomic mass is 10.0. The summed E-state index contributed by atoms with van der Waals surface area (Å²) in [7, 11) is 0. The number of hydrogen-bond acceptors (Lipinski definition) is 2. The zero-order valence-corrected chi connectivity index (χ0v) is 11.3. The van der Waals surface area contributed by atoms with Crippen LogP contribution in [-0.4, -0.2) is 10.9 Å². The lowest BCUT2D eigenvalue weighted by Gasteiger charge is -2.14. The minimum Gasteiger partial charge on any atom is -0.288 e. The molecule has 114 valence electrons. The Labute approximate surface area is 120 Å². The van der Waals surface area contributed by atoms with E-state index in [0.29, 0.717) is 30.0 Å². The lowest BCUT2D eigenvalue weighted by Crippen LogP contribution is -2.14. The van der Waals surface area contributed by atoms with Crippen LogP contribution >= 0.6 is 11.8 Å². The van der Waals surface area contributed by atoms with Crippen molar-refractivity contribution < 1.29 is 31.1 Å². The van der Waals surface area contributed by atoms with Gasteiger partial charge in [-0.15, -0.1) is 0 Å². The molecule has 0 amide bonds. The second kappa shape index (κ2) is 6.43. The largest absolute Gasteiger partial charge is 0.417 e. The van der Waals surface area contributed by atoms with Gasteiger partial charge in [0.25, 0.3) is 0 Å². The number of carbonyl (C=O) groups excluding carboxylic acids is 1. The number of rotatable bonds is 1. The van der Waals surface area contributed by atoms with Crippen molar-refractivity contribution in [2.24, 2.45) is 0 Å². The van der Waals surface area contributed by atoms with E-state index in [-0.39, 0.29) is 10.9 Å². The molecule has 8 heteroatoms. The van der Waals surface area contributed by atoms with E-state index in [2.05, 4.69) is 5.92 Å². The van der Waals surface area contributed by atoms with E-state index in [0.717, 1.165) is 0 Å². The molecule has 1 nitrogen and oxygen atoms in total. The van der Waals surface area contributed by atoms with E-state index < -0.39 is 29.0 Å². The smallest absolute Gasteiger partial charge is 0.288 e. The average molecular weight is 326 g/mol. The summed E-state index contributed by atoms with van der Waals surface area (Å²) in [5, 5.41) is -0.329. The van der Waals surface area contributed by atoms with Gasteiger partial charge in [-0.1, -0.05) is 29.7 Å². The third-order valence-corrected chi connectivity index (χ3v) is 2.93. The van der Waals surface area contributed by atoms with Crippen molar-refractivity contribution in [1.29, 1.82) is 0 Å². The van der Waals surface area contributed by atoms with Gasteiger partial charge in [0.2, 0.25) is 0 Å². The zero-order valence-electron chi connectivity index (χ0n) is 10.5. The van der Waals surface area contributed by atoms with Gasteiger partial charge in [0.15, 0.2) is 5.12 Å². The monoisotopic (exact) mass is 326 g/mol. The molecule has 0 atom stereocenters. The Balaban J connectivity index is 3.33. The van der Waals surface area contributed by atoms with Crippen LogP contribution in [-0.2, 0) is 17.1 Å². The minimum atomic E-state index is -4.95. The van der Waals surface area contributed by atoms with E-state index in [1.54, 1.807) is 0 Å². The molecule has 0 aromatic heterocycles. The fraction of sp³-hybridized carbons (Fsp3) is 0.308. The molecule has 1 aromatic carbocycles. The minimum absolute atomic E-state index is 0.182. The Morgan fingerprint density at radius 2 is 1.57 bits per heavy atom. The van der Waals surface area contributed by atoms with Crippen molar-refractivity contribution in [3.05, 3.63) is 34.9 Å². The van der Waals surface area contributed by atoms with Crippen molar-refractivity contribution in [1.82, 2.24) is 0 Å². The van der Waals surface area contributed by atoms with Gasteiger partial charge < -0.3 is 0 Å². The molecule has 0 aliphatic heterocycles. The van der Waals surface area contributed by atoms with Gasteiger partial charge in [-0.2, -0.15) is 26.3 Å². The Bertz CT molecular complexity index is 559. The van der Waals surface area contributed by atoms with Gasteiger partial charge >= 0.3 is 12.4 Å². The number of alkyl halides is 6. The van der Waals surface area contributed by atoms with E-state index in [9.17, 15) is 31.1 Å². The number of halogens is 6. The van der Waals surface area contributed by atoms with Gasteiger partial charge in [-0.05, 0) is 12.1 Å². The Morgan fingerprint density at radius 1 is 1.10 bits per heavy atom. The first-order valence-electron chi connectivity index (χ1n) is 5.43. The molecule has 0 spiro atoms. The summed E-state index contributed by atoms with van der Waals surface area (Å²) in [4.78, 5) is 10.6. The molecule has 0 saturated heterocycles. The molecular weight excluding hydrogens is 318 g/mol. The molecule has 0 radical (unpaired) electrons. The van der Waals surface area contributed by atoms with Crippen molar-refractivity contribution in [2.75, 3.05) is 5.75 Å². The molecule has 0 aliphatic carbocycles. The number of hydrogen-bond donors (Lipinski definition) is 0. The molecule has 1 aromatic rings. The number of carbonyl (C=O) groups is 1. The van der Waals surface area contributed by atoms with Crippen LogP contribution in [0.4, 0.5) is 26.3 Å². The van der Waals surface area contributed by atoms with Crippen LogP contribution in [0.1, 0.15) is 23.6 Å². The van der Waals surface area contributed by atoms with Crippen LogP contribution in [0.2, 0.25) is 0 Å². The molecule has 0 unspecified atom stereocenters. The normalized spacial score (nSPS) is 11.8. The SMILES string of the molecule is CC(=O)SCC#Cc1c(C(F)(F)F)cccc1C(F)(F)F. The van der Waals surface area contributed by atoms with Gasteiger partial charge in [-0.3, -0.25) is 4.79 Å². The maximum atomic E-state index is 12.8. The van der Waals surface area contributed by atoms with Crippen LogP contribution in [0.25, 0.3) is 0 Å². The van der Waals surface area contributed by atoms with Crippen molar-refractivity contribution in [3.8, 4) is 11.8 Å². The summed E-state index contributed by atoms with van der Waals surface area (Å²) in [5.41, 5.74) is -4.02. The van der Waals surface area contributed by atoms with E-state index in [1.807, 2.05) is 5.92 Å². The van der Waals surface area contributed by atoms with Gasteiger partial charge in [0.05, 0.1) is 16.9 Å². The summed E-state index contributed by atoms with van der Waals surface area (Å²) >= 11 is 0.702. The van der Waals surface area contributed by atoms with E-state index in [1.165, 1.54) is 6.92 Å². The fourth-order valence-electron chi connectivity index (χ4n) is 1.42. The van der Waals surface area contributed by atoms with Crippen LogP contribution in [0.3, 0.4) is 0 Å². The first-order valence-corrected chi connectivity index (χ1v) is 6.41. The topological polar surface area (TPSA) is 17.1 Å². The molecule has 0 bridgehead atoms. The third kappa shape index (κ3) is 5.01. The van der Waals surface area contributed by atoms with Crippen LogP contribution < -0.4 is 0 Å². The molecule has 0 heterocycles. The third-order valence-electron chi connectivity index (χ3n) is 2.24. The average Bonchev–Trinajstić information content (AvgIpc) is 2.31. The molecule has 0 fully saturated rings. The second-order valence-electron chi connectivity index (χ2n) is 3.81. The zero-order chi connectivity index (χ0) is 16.3. The summed E-state index contributed by atoms with van der Waals surface area (Å²) < 4.78 is 76.6. The van der Waals surface area contributed by atoms with Crippen molar-refractivity contribution >= 4 is 16.9 Å². The van der Waals surface area contributed by atoms with Crippen molar-refractivity contribution in [2.45, 2.75) is 19.3 Å². The number of benzene rings is 1. The first kappa shape index (κ1) is 17.4. The summed E-state index contributed by atoms with van der Waals surface area (Å²) in [6.45, 7) is 1.22. The number of thioether (sulfide) groups is 1. The molecule has 0 saturated carbocycles. The van der Waals surface area contributed by atoms with Crippen molar-refractivity contribution in [3.63, 3.8) is 0 Å². The fourth-order valence-corrected chi connectivity index (χ4v) is 1.77. The Hall–Kier alpha value is -1.62. The molecule has 21 heavy (non-hydrogen) atoms. The standard InChI is InChI=1S/C13H8F6OS/c1-8(20)21-7-3-4-9-10(12(14,15)16)5-2-6-11(9)13(17,18)19/h2,5-6H,7H2,1H3. The summed E-state index contributed by atoms with van der Waals surface area (Å²) in [6, 6.07) is 1.76. The highest BCUT2D eigenvalue weighted by atomic mass is 32.2. The van der Waals surface area contributed by atoms with Crippen LogP contribution in [0.5, 0.6) is 0 Å². The van der Waals surface area contributed by atoms with E-state index >= 15 is 0 Å². The van der Waals surface area contributed by atoms with Gasteiger partial charge in [0.1, 0.15) is 0 Å². The quantitative estimate of drug-likeness (QED) is 0.564. The highest BCUT2D eigenvalue weighted by molar-refractivity contribution is 8.13. The molecule has 0 N–H and O–H groups in total. The molecule has 0 aliphatic rings. The van der Waals surface area contributed by atoms with Gasteiger partial charge in [-0.25, -0.2) is 0 Å². The summed E-state index contributed by atoms with van der Waals surface area (Å²) in [6.07, 6.45) is -9.89. The van der Waals surface area contributed by atoms with Crippen LogP contribution in [0, 0.1) is 11.8 Å². The summed E-state index contributed by atoms with van der Waals surface area (Å²) in [5.74, 6) is 3.86. The highest BCUT2D eigenvalue weighted by Crippen LogP contribution is 2.38. The maximum Gasteiger partial charge on any atom is 0.417 e. The second-order valence-corrected chi connectivity index (χ2v) is 4.96. The molecular formula is C13H8F6OS. The predicted molar refractivity (Wildman–Crippen MR) is 66.5 cm³/mol. The van der Waals surface area contributed by atoms with Crippen LogP contribution in [0.15, 0.2) is 18.2 Å².